The predicted molar refractivity (Wildman–Crippen MR) is 122 cm³/mol. The number of piperazine rings is 2. The summed E-state index contributed by atoms with van der Waals surface area (Å²) in [7, 11) is 2.12. The summed E-state index contributed by atoms with van der Waals surface area (Å²) in [6.07, 6.45) is 4.54. The molecule has 31 heavy (non-hydrogen) atoms. The van der Waals surface area contributed by atoms with Gasteiger partial charge in [0.2, 0.25) is 5.95 Å². The van der Waals surface area contributed by atoms with Crippen LogP contribution in [0.25, 0.3) is 0 Å². The number of hydrogen-bond acceptors (Lipinski definition) is 6. The van der Waals surface area contributed by atoms with Gasteiger partial charge >= 0.3 is 6.03 Å². The number of carbonyl (C=O) groups excluding carboxylic acids is 1. The molecule has 2 fully saturated rings. The highest BCUT2D eigenvalue weighted by Gasteiger charge is 2.30. The van der Waals surface area contributed by atoms with Crippen LogP contribution < -0.4 is 10.2 Å². The minimum absolute atomic E-state index is 0.0491. The number of anilines is 1. The van der Waals surface area contributed by atoms with E-state index in [9.17, 15) is 4.79 Å². The second-order valence-electron chi connectivity index (χ2n) is 8.35. The van der Waals surface area contributed by atoms with Crippen molar-refractivity contribution in [3.05, 3.63) is 54.4 Å². The Balaban J connectivity index is 1.19. The zero-order chi connectivity index (χ0) is 21.5. The number of benzene rings is 1. The highest BCUT2D eigenvalue weighted by molar-refractivity contribution is 5.75. The molecule has 166 valence electrons. The topological polar surface area (TPSA) is 67.8 Å². The first-order chi connectivity index (χ1) is 15.2. The summed E-state index contributed by atoms with van der Waals surface area (Å²) in [6.45, 7) is 8.11. The molecule has 1 aromatic heterocycles. The van der Waals surface area contributed by atoms with Gasteiger partial charge in [-0.1, -0.05) is 30.3 Å². The summed E-state index contributed by atoms with van der Waals surface area (Å²) < 4.78 is 0. The van der Waals surface area contributed by atoms with Gasteiger partial charge in [0.15, 0.2) is 0 Å². The molecule has 0 saturated carbocycles. The van der Waals surface area contributed by atoms with Crippen LogP contribution in [0.15, 0.2) is 48.8 Å². The fourth-order valence-electron chi connectivity index (χ4n) is 4.35. The molecule has 0 spiro atoms. The first-order valence-corrected chi connectivity index (χ1v) is 11.2. The van der Waals surface area contributed by atoms with Gasteiger partial charge in [-0.2, -0.15) is 0 Å². The Morgan fingerprint density at radius 3 is 2.48 bits per heavy atom. The molecular formula is C23H33N7O. The molecule has 2 aliphatic heterocycles. The van der Waals surface area contributed by atoms with Crippen molar-refractivity contribution in [3.8, 4) is 0 Å². The third kappa shape index (κ3) is 5.71. The number of likely N-dealkylation sites (N-methyl/N-ethyl adjacent to an activating group) is 1. The van der Waals surface area contributed by atoms with Crippen molar-refractivity contribution < 1.29 is 4.79 Å². The van der Waals surface area contributed by atoms with E-state index < -0.39 is 0 Å². The van der Waals surface area contributed by atoms with E-state index in [1.807, 2.05) is 29.2 Å². The Morgan fingerprint density at radius 1 is 1.00 bits per heavy atom. The molecule has 2 aliphatic rings. The number of nitrogens with zero attached hydrogens (tertiary/aromatic N) is 6. The number of nitrogens with one attached hydrogen (secondary N) is 1. The van der Waals surface area contributed by atoms with Crippen molar-refractivity contribution in [2.45, 2.75) is 12.5 Å². The van der Waals surface area contributed by atoms with Crippen LogP contribution in [-0.2, 0) is 0 Å². The number of urea groups is 1. The molecule has 0 aliphatic carbocycles. The molecule has 0 radical (unpaired) electrons. The Labute approximate surface area is 184 Å². The van der Waals surface area contributed by atoms with E-state index in [2.05, 4.69) is 49.2 Å². The summed E-state index contributed by atoms with van der Waals surface area (Å²) in [6, 6.07) is 12.3. The number of aromatic nitrogens is 2. The third-order valence-electron chi connectivity index (χ3n) is 6.16. The van der Waals surface area contributed by atoms with Crippen LogP contribution in [0.3, 0.4) is 0 Å². The van der Waals surface area contributed by atoms with E-state index >= 15 is 0 Å². The zero-order valence-electron chi connectivity index (χ0n) is 18.4. The van der Waals surface area contributed by atoms with Crippen molar-refractivity contribution in [1.82, 2.24) is 30.0 Å². The largest absolute Gasteiger partial charge is 0.338 e. The van der Waals surface area contributed by atoms with E-state index in [1.54, 1.807) is 12.4 Å². The molecule has 2 amide bonds. The molecule has 1 N–H and O–H groups in total. The SMILES string of the molecule is CN1CCN(C(=O)NCCCN2CCN(c3ncccn3)CC2)C(c2ccccc2)C1. The monoisotopic (exact) mass is 423 g/mol. The first-order valence-electron chi connectivity index (χ1n) is 11.2. The molecule has 1 unspecified atom stereocenters. The van der Waals surface area contributed by atoms with Gasteiger partial charge in [-0.3, -0.25) is 4.90 Å². The van der Waals surface area contributed by atoms with Crippen molar-refractivity contribution in [2.24, 2.45) is 0 Å². The van der Waals surface area contributed by atoms with Crippen LogP contribution in [0, 0.1) is 0 Å². The van der Waals surface area contributed by atoms with Crippen LogP contribution in [-0.4, -0.2) is 96.6 Å². The summed E-state index contributed by atoms with van der Waals surface area (Å²) in [5.74, 6) is 0.814. The fraction of sp³-hybridized carbons (Fsp3) is 0.522. The number of carbonyl (C=O) groups is 1. The van der Waals surface area contributed by atoms with Gasteiger partial charge in [-0.15, -0.1) is 0 Å². The van der Waals surface area contributed by atoms with Crippen LogP contribution in [0.5, 0.6) is 0 Å². The Hall–Kier alpha value is -2.71. The second-order valence-corrected chi connectivity index (χ2v) is 8.35. The van der Waals surface area contributed by atoms with Gasteiger partial charge < -0.3 is 20.0 Å². The minimum Gasteiger partial charge on any atom is -0.338 e. The van der Waals surface area contributed by atoms with Crippen LogP contribution in [0.2, 0.25) is 0 Å². The Bertz CT molecular complexity index is 811. The molecule has 4 rings (SSSR count). The summed E-state index contributed by atoms with van der Waals surface area (Å²) in [5.41, 5.74) is 1.20. The molecule has 8 heteroatoms. The van der Waals surface area contributed by atoms with Crippen LogP contribution in [0.1, 0.15) is 18.0 Å². The van der Waals surface area contributed by atoms with E-state index in [0.29, 0.717) is 6.54 Å². The number of amides is 2. The van der Waals surface area contributed by atoms with E-state index in [0.717, 1.165) is 64.7 Å². The molecule has 0 bridgehead atoms. The molecule has 1 atom stereocenters. The van der Waals surface area contributed by atoms with Crippen molar-refractivity contribution in [1.29, 1.82) is 0 Å². The van der Waals surface area contributed by atoms with Crippen molar-refractivity contribution in [3.63, 3.8) is 0 Å². The van der Waals surface area contributed by atoms with Gasteiger partial charge in [0.25, 0.3) is 0 Å². The maximum absolute atomic E-state index is 12.9. The smallest absolute Gasteiger partial charge is 0.318 e. The molecule has 3 heterocycles. The third-order valence-corrected chi connectivity index (χ3v) is 6.16. The van der Waals surface area contributed by atoms with E-state index in [1.165, 1.54) is 5.56 Å². The molecule has 8 nitrogen and oxygen atoms in total. The van der Waals surface area contributed by atoms with Gasteiger partial charge in [0.1, 0.15) is 0 Å². The van der Waals surface area contributed by atoms with E-state index in [4.69, 9.17) is 0 Å². The lowest BCUT2D eigenvalue weighted by molar-refractivity contribution is 0.108. The van der Waals surface area contributed by atoms with Crippen molar-refractivity contribution in [2.75, 3.05) is 70.9 Å². The predicted octanol–water partition coefficient (Wildman–Crippen LogP) is 1.69. The first kappa shape index (κ1) is 21.5. The molecule has 2 aromatic rings. The minimum atomic E-state index is 0.0491. The molecule has 1 aromatic carbocycles. The van der Waals surface area contributed by atoms with Crippen LogP contribution in [0.4, 0.5) is 10.7 Å². The maximum Gasteiger partial charge on any atom is 0.318 e. The average Bonchev–Trinajstić information content (AvgIpc) is 2.83. The lowest BCUT2D eigenvalue weighted by Gasteiger charge is -2.40. The average molecular weight is 424 g/mol. The fourth-order valence-corrected chi connectivity index (χ4v) is 4.35. The highest BCUT2D eigenvalue weighted by Crippen LogP contribution is 2.24. The van der Waals surface area contributed by atoms with Gasteiger partial charge in [-0.25, -0.2) is 14.8 Å². The normalized spacial score (nSPS) is 20.6. The highest BCUT2D eigenvalue weighted by atomic mass is 16.2. The molecule has 2 saturated heterocycles. The second kappa shape index (κ2) is 10.5. The molecular weight excluding hydrogens is 390 g/mol. The van der Waals surface area contributed by atoms with Crippen LogP contribution >= 0.6 is 0 Å². The Morgan fingerprint density at radius 2 is 1.74 bits per heavy atom. The van der Waals surface area contributed by atoms with Gasteiger partial charge in [0, 0.05) is 64.8 Å². The van der Waals surface area contributed by atoms with Gasteiger partial charge in [0.05, 0.1) is 6.04 Å². The summed E-state index contributed by atoms with van der Waals surface area (Å²) in [4.78, 5) is 30.6. The summed E-state index contributed by atoms with van der Waals surface area (Å²) in [5, 5.41) is 3.15. The maximum atomic E-state index is 12.9. The lowest BCUT2D eigenvalue weighted by Crippen LogP contribution is -2.52. The van der Waals surface area contributed by atoms with E-state index in [-0.39, 0.29) is 12.1 Å². The number of hydrogen-bond donors (Lipinski definition) is 1. The quantitative estimate of drug-likeness (QED) is 0.714. The standard InChI is InChI=1S/C23H33N7O/c1-27-13-18-30(21(19-27)20-7-3-2-4-8-20)23(31)26-11-6-12-28-14-16-29(17-15-28)22-24-9-5-10-25-22/h2-5,7-10,21H,6,11-19H2,1H3,(H,26,31). The Kier molecular flexibility index (Phi) is 7.32. The van der Waals surface area contributed by atoms with Gasteiger partial charge in [-0.05, 0) is 31.6 Å². The number of rotatable bonds is 6. The summed E-state index contributed by atoms with van der Waals surface area (Å²) >= 11 is 0. The van der Waals surface area contributed by atoms with Crippen molar-refractivity contribution >= 4 is 12.0 Å². The lowest BCUT2D eigenvalue weighted by atomic mass is 10.0. The zero-order valence-corrected chi connectivity index (χ0v) is 18.4.